The van der Waals surface area contributed by atoms with Crippen LogP contribution >= 0.6 is 0 Å². The molecule has 0 aliphatic heterocycles. The van der Waals surface area contributed by atoms with Gasteiger partial charge in [-0.1, -0.05) is 24.3 Å². The maximum atomic E-state index is 11.9. The molecule has 0 aromatic heterocycles. The zero-order chi connectivity index (χ0) is 17.2. The van der Waals surface area contributed by atoms with Crippen LogP contribution in [0.25, 0.3) is 0 Å². The average molecular weight is 328 g/mol. The molecule has 0 spiro atoms. The highest BCUT2D eigenvalue weighted by atomic mass is 16.5. The van der Waals surface area contributed by atoms with Gasteiger partial charge in [-0.15, -0.1) is 0 Å². The fourth-order valence-corrected chi connectivity index (χ4v) is 2.13. The van der Waals surface area contributed by atoms with Gasteiger partial charge in [0.1, 0.15) is 5.75 Å². The van der Waals surface area contributed by atoms with Crippen LogP contribution in [-0.2, 0) is 17.9 Å². The number of amides is 2. The maximum absolute atomic E-state index is 11.9. The molecule has 0 aliphatic carbocycles. The van der Waals surface area contributed by atoms with Crippen LogP contribution in [0.1, 0.15) is 25.0 Å². The third kappa shape index (κ3) is 5.93. The van der Waals surface area contributed by atoms with Crippen molar-refractivity contribution >= 4 is 11.7 Å². The number of anilines is 1. The summed E-state index contributed by atoms with van der Waals surface area (Å²) in [5, 5.41) is 5.63. The van der Waals surface area contributed by atoms with E-state index in [0.717, 1.165) is 22.6 Å². The molecule has 0 saturated carbocycles. The first kappa shape index (κ1) is 17.8. The van der Waals surface area contributed by atoms with Crippen molar-refractivity contribution in [1.82, 2.24) is 5.32 Å². The van der Waals surface area contributed by atoms with Gasteiger partial charge >= 0.3 is 6.03 Å². The van der Waals surface area contributed by atoms with Crippen molar-refractivity contribution in [3.05, 3.63) is 59.7 Å². The molecule has 2 aromatic rings. The molecule has 0 radical (unpaired) electrons. The minimum atomic E-state index is -0.238. The molecule has 0 aliphatic rings. The van der Waals surface area contributed by atoms with Gasteiger partial charge in [0.05, 0.1) is 13.2 Å². The SMILES string of the molecule is CCOCc1ccc(CNC(=O)Nc2ccc(OCC)cc2)cc1. The number of benzene rings is 2. The van der Waals surface area contributed by atoms with Crippen molar-refractivity contribution in [1.29, 1.82) is 0 Å². The summed E-state index contributed by atoms with van der Waals surface area (Å²) in [6.07, 6.45) is 0. The number of carbonyl (C=O) groups excluding carboxylic acids is 1. The number of hydrogen-bond acceptors (Lipinski definition) is 3. The molecule has 0 unspecified atom stereocenters. The Morgan fingerprint density at radius 2 is 1.58 bits per heavy atom. The molecule has 2 N–H and O–H groups in total. The second kappa shape index (κ2) is 9.57. The predicted octanol–water partition coefficient (Wildman–Crippen LogP) is 3.94. The molecule has 24 heavy (non-hydrogen) atoms. The molecule has 0 bridgehead atoms. The van der Waals surface area contributed by atoms with Crippen LogP contribution in [0.2, 0.25) is 0 Å². The minimum absolute atomic E-state index is 0.238. The van der Waals surface area contributed by atoms with E-state index in [1.54, 1.807) is 0 Å². The highest BCUT2D eigenvalue weighted by molar-refractivity contribution is 5.89. The second-order valence-electron chi connectivity index (χ2n) is 5.22. The summed E-state index contributed by atoms with van der Waals surface area (Å²) >= 11 is 0. The first-order chi connectivity index (χ1) is 11.7. The molecule has 0 saturated heterocycles. The summed E-state index contributed by atoms with van der Waals surface area (Å²) in [5.41, 5.74) is 2.89. The van der Waals surface area contributed by atoms with Crippen molar-refractivity contribution in [3.63, 3.8) is 0 Å². The van der Waals surface area contributed by atoms with Crippen molar-refractivity contribution in [2.45, 2.75) is 27.0 Å². The van der Waals surface area contributed by atoms with E-state index >= 15 is 0 Å². The second-order valence-corrected chi connectivity index (χ2v) is 5.22. The normalized spacial score (nSPS) is 10.2. The van der Waals surface area contributed by atoms with Crippen LogP contribution in [0.4, 0.5) is 10.5 Å². The van der Waals surface area contributed by atoms with Crippen LogP contribution < -0.4 is 15.4 Å². The van der Waals surface area contributed by atoms with Crippen LogP contribution in [0, 0.1) is 0 Å². The monoisotopic (exact) mass is 328 g/mol. The van der Waals surface area contributed by atoms with Gasteiger partial charge in [-0.25, -0.2) is 4.79 Å². The van der Waals surface area contributed by atoms with Gasteiger partial charge in [0.2, 0.25) is 0 Å². The summed E-state index contributed by atoms with van der Waals surface area (Å²) in [6.45, 7) is 6.32. The zero-order valence-corrected chi connectivity index (χ0v) is 14.2. The lowest BCUT2D eigenvalue weighted by atomic mass is 10.1. The predicted molar refractivity (Wildman–Crippen MR) is 95.2 cm³/mol. The lowest BCUT2D eigenvalue weighted by Crippen LogP contribution is -2.28. The minimum Gasteiger partial charge on any atom is -0.494 e. The lowest BCUT2D eigenvalue weighted by molar-refractivity contribution is 0.134. The van der Waals surface area contributed by atoms with E-state index in [1.807, 2.05) is 62.4 Å². The molecule has 2 rings (SSSR count). The smallest absolute Gasteiger partial charge is 0.319 e. The Bertz CT molecular complexity index is 624. The van der Waals surface area contributed by atoms with Crippen LogP contribution in [0.5, 0.6) is 5.75 Å². The van der Waals surface area contributed by atoms with Crippen molar-refractivity contribution in [2.24, 2.45) is 0 Å². The largest absolute Gasteiger partial charge is 0.494 e. The van der Waals surface area contributed by atoms with Gasteiger partial charge in [0, 0.05) is 18.8 Å². The van der Waals surface area contributed by atoms with Gasteiger partial charge < -0.3 is 20.1 Å². The van der Waals surface area contributed by atoms with Crippen molar-refractivity contribution in [3.8, 4) is 5.75 Å². The van der Waals surface area contributed by atoms with Crippen LogP contribution in [-0.4, -0.2) is 19.2 Å². The molecule has 5 nitrogen and oxygen atoms in total. The Morgan fingerprint density at radius 3 is 2.21 bits per heavy atom. The first-order valence-electron chi connectivity index (χ1n) is 8.14. The molecule has 2 amide bonds. The summed E-state index contributed by atoms with van der Waals surface area (Å²) in [4.78, 5) is 11.9. The third-order valence-corrected chi connectivity index (χ3v) is 3.37. The molecule has 0 heterocycles. The van der Waals surface area contributed by atoms with Crippen molar-refractivity contribution in [2.75, 3.05) is 18.5 Å². The Morgan fingerprint density at radius 1 is 0.917 bits per heavy atom. The van der Waals surface area contributed by atoms with Crippen LogP contribution in [0.15, 0.2) is 48.5 Å². The van der Waals surface area contributed by atoms with Crippen LogP contribution in [0.3, 0.4) is 0 Å². The quantitative estimate of drug-likeness (QED) is 0.771. The van der Waals surface area contributed by atoms with E-state index in [0.29, 0.717) is 26.4 Å². The Labute approximate surface area is 143 Å². The van der Waals surface area contributed by atoms with Gasteiger partial charge in [0.15, 0.2) is 0 Å². The van der Waals surface area contributed by atoms with E-state index in [-0.39, 0.29) is 6.03 Å². The topological polar surface area (TPSA) is 59.6 Å². The highest BCUT2D eigenvalue weighted by Gasteiger charge is 2.02. The van der Waals surface area contributed by atoms with Gasteiger partial charge in [-0.05, 0) is 49.2 Å². The summed E-state index contributed by atoms with van der Waals surface area (Å²) in [7, 11) is 0. The van der Waals surface area contributed by atoms with E-state index in [2.05, 4.69) is 10.6 Å². The van der Waals surface area contributed by atoms with Gasteiger partial charge in [-0.3, -0.25) is 0 Å². The molecular weight excluding hydrogens is 304 g/mol. The summed E-state index contributed by atoms with van der Waals surface area (Å²) < 4.78 is 10.7. The Hall–Kier alpha value is -2.53. The average Bonchev–Trinajstić information content (AvgIpc) is 2.61. The standard InChI is InChI=1S/C19H24N2O3/c1-3-23-14-16-7-5-15(6-8-16)13-20-19(22)21-17-9-11-18(12-10-17)24-4-2/h5-12H,3-4,13-14H2,1-2H3,(H2,20,21,22). The molecule has 128 valence electrons. The molecule has 0 fully saturated rings. The zero-order valence-electron chi connectivity index (χ0n) is 14.2. The van der Waals surface area contributed by atoms with E-state index in [1.165, 1.54) is 0 Å². The fraction of sp³-hybridized carbons (Fsp3) is 0.316. The summed E-state index contributed by atoms with van der Waals surface area (Å²) in [5.74, 6) is 0.788. The number of rotatable bonds is 8. The number of ether oxygens (including phenoxy) is 2. The molecule has 0 atom stereocenters. The van der Waals surface area contributed by atoms with E-state index < -0.39 is 0 Å². The molecule has 5 heteroatoms. The molecule has 2 aromatic carbocycles. The maximum Gasteiger partial charge on any atom is 0.319 e. The first-order valence-corrected chi connectivity index (χ1v) is 8.14. The molecular formula is C19H24N2O3. The Kier molecular flexibility index (Phi) is 7.11. The lowest BCUT2D eigenvalue weighted by Gasteiger charge is -2.09. The Balaban J connectivity index is 1.78. The number of carbonyl (C=O) groups is 1. The van der Waals surface area contributed by atoms with Crippen molar-refractivity contribution < 1.29 is 14.3 Å². The van der Waals surface area contributed by atoms with E-state index in [9.17, 15) is 4.79 Å². The third-order valence-electron chi connectivity index (χ3n) is 3.37. The van der Waals surface area contributed by atoms with E-state index in [4.69, 9.17) is 9.47 Å². The number of nitrogens with one attached hydrogen (secondary N) is 2. The number of urea groups is 1. The highest BCUT2D eigenvalue weighted by Crippen LogP contribution is 2.15. The summed E-state index contributed by atoms with van der Waals surface area (Å²) in [6, 6.07) is 15.1. The van der Waals surface area contributed by atoms with Gasteiger partial charge in [0.25, 0.3) is 0 Å². The van der Waals surface area contributed by atoms with Gasteiger partial charge in [-0.2, -0.15) is 0 Å². The fourth-order valence-electron chi connectivity index (χ4n) is 2.13. The number of hydrogen-bond donors (Lipinski definition) is 2.